The topological polar surface area (TPSA) is 0 Å². The highest BCUT2D eigenvalue weighted by Crippen LogP contribution is 2.06. The van der Waals surface area contributed by atoms with Gasteiger partial charge in [0.2, 0.25) is 0 Å². The van der Waals surface area contributed by atoms with Crippen molar-refractivity contribution in [2.24, 2.45) is 0 Å². The third kappa shape index (κ3) is 41.1. The van der Waals surface area contributed by atoms with Gasteiger partial charge in [0.1, 0.15) is 0 Å². The standard InChI is InChI=1S/C9H18.C3H8.C2H6/c1-4-5-6-7-8-9(2)3;1-3-2;1-2/h2,4-8H2,1,3H3;3H2,1-2H3;1-2H3. The minimum atomic E-state index is 1.22. The molecule has 0 amide bonds. The summed E-state index contributed by atoms with van der Waals surface area (Å²) in [6.07, 6.45) is 7.90. The molecule has 14 heavy (non-hydrogen) atoms. The monoisotopic (exact) mass is 200 g/mol. The first-order valence-corrected chi connectivity index (χ1v) is 6.33. The largest absolute Gasteiger partial charge is 0.100 e. The van der Waals surface area contributed by atoms with Crippen molar-refractivity contribution >= 4 is 0 Å². The summed E-state index contributed by atoms with van der Waals surface area (Å²) < 4.78 is 0. The lowest BCUT2D eigenvalue weighted by Gasteiger charge is -1.96. The summed E-state index contributed by atoms with van der Waals surface area (Å²) in [6.45, 7) is 16.4. The van der Waals surface area contributed by atoms with Gasteiger partial charge in [-0.1, -0.05) is 65.9 Å². The fourth-order valence-electron chi connectivity index (χ4n) is 0.854. The van der Waals surface area contributed by atoms with Gasteiger partial charge in [-0.05, 0) is 19.8 Å². The molecule has 0 aliphatic heterocycles. The SMILES string of the molecule is C=C(C)CCCCCC.CC.CCC. The summed E-state index contributed by atoms with van der Waals surface area (Å²) >= 11 is 0. The molecule has 0 radical (unpaired) electrons. The number of hydrogen-bond acceptors (Lipinski definition) is 0. The van der Waals surface area contributed by atoms with Crippen LogP contribution < -0.4 is 0 Å². The smallest absolute Gasteiger partial charge is 0.0326 e. The first kappa shape index (κ1) is 19.3. The highest BCUT2D eigenvalue weighted by Gasteiger charge is 1.86. The molecule has 0 N–H and O–H groups in total. The van der Waals surface area contributed by atoms with Crippen LogP contribution in [0.4, 0.5) is 0 Å². The zero-order valence-corrected chi connectivity index (χ0v) is 11.4. The number of rotatable bonds is 5. The van der Waals surface area contributed by atoms with Crippen LogP contribution in [0.3, 0.4) is 0 Å². The molecular weight excluding hydrogens is 168 g/mol. The second kappa shape index (κ2) is 23.0. The number of allylic oxidation sites excluding steroid dienone is 1. The first-order valence-electron chi connectivity index (χ1n) is 6.33. The van der Waals surface area contributed by atoms with Gasteiger partial charge in [-0.25, -0.2) is 0 Å². The molecule has 0 bridgehead atoms. The van der Waals surface area contributed by atoms with Crippen LogP contribution in [0.1, 0.15) is 80.1 Å². The molecular formula is C14H32. The van der Waals surface area contributed by atoms with Crippen LogP contribution in [-0.4, -0.2) is 0 Å². The average molecular weight is 200 g/mol. The summed E-state index contributed by atoms with van der Waals surface area (Å²) in [7, 11) is 0. The van der Waals surface area contributed by atoms with Crippen LogP contribution >= 0.6 is 0 Å². The third-order valence-corrected chi connectivity index (χ3v) is 1.46. The molecule has 0 aromatic carbocycles. The van der Waals surface area contributed by atoms with Gasteiger partial charge < -0.3 is 0 Å². The van der Waals surface area contributed by atoms with Gasteiger partial charge in [-0.3, -0.25) is 0 Å². The van der Waals surface area contributed by atoms with Crippen LogP contribution in [0.25, 0.3) is 0 Å². The lowest BCUT2D eigenvalue weighted by atomic mass is 10.1. The van der Waals surface area contributed by atoms with E-state index in [4.69, 9.17) is 0 Å². The fraction of sp³-hybridized carbons (Fsp3) is 0.857. The molecule has 0 aliphatic carbocycles. The molecule has 0 heterocycles. The molecule has 0 heteroatoms. The minimum Gasteiger partial charge on any atom is -0.100 e. The molecule has 88 valence electrons. The summed E-state index contributed by atoms with van der Waals surface area (Å²) in [6, 6.07) is 0. The zero-order chi connectivity index (χ0) is 11.8. The van der Waals surface area contributed by atoms with Gasteiger partial charge in [0.25, 0.3) is 0 Å². The van der Waals surface area contributed by atoms with E-state index >= 15 is 0 Å². The Labute approximate surface area is 92.8 Å². The molecule has 0 saturated carbocycles. The van der Waals surface area contributed by atoms with E-state index in [1.807, 2.05) is 13.8 Å². The normalized spacial score (nSPS) is 7.86. The maximum absolute atomic E-state index is 3.85. The van der Waals surface area contributed by atoms with Crippen LogP contribution in [0.15, 0.2) is 12.2 Å². The zero-order valence-electron chi connectivity index (χ0n) is 11.4. The van der Waals surface area contributed by atoms with Crippen LogP contribution in [0, 0.1) is 0 Å². The van der Waals surface area contributed by atoms with Gasteiger partial charge >= 0.3 is 0 Å². The summed E-state index contributed by atoms with van der Waals surface area (Å²) in [5.74, 6) is 0. The van der Waals surface area contributed by atoms with E-state index in [-0.39, 0.29) is 0 Å². The van der Waals surface area contributed by atoms with E-state index in [2.05, 4.69) is 34.3 Å². The van der Waals surface area contributed by atoms with E-state index in [1.54, 1.807) is 0 Å². The van der Waals surface area contributed by atoms with Crippen molar-refractivity contribution in [3.05, 3.63) is 12.2 Å². The number of unbranched alkanes of at least 4 members (excludes halogenated alkanes) is 3. The molecule has 0 aliphatic rings. The Bertz CT molecular complexity index is 82.0. The van der Waals surface area contributed by atoms with Crippen LogP contribution in [-0.2, 0) is 0 Å². The second-order valence-corrected chi connectivity index (χ2v) is 3.47. The Morgan fingerprint density at radius 1 is 0.929 bits per heavy atom. The minimum absolute atomic E-state index is 1.22. The Hall–Kier alpha value is -0.260. The van der Waals surface area contributed by atoms with Crippen molar-refractivity contribution in [2.45, 2.75) is 80.1 Å². The van der Waals surface area contributed by atoms with Crippen molar-refractivity contribution < 1.29 is 0 Å². The third-order valence-electron chi connectivity index (χ3n) is 1.46. The molecule has 0 fully saturated rings. The van der Waals surface area contributed by atoms with Gasteiger partial charge in [-0.2, -0.15) is 0 Å². The van der Waals surface area contributed by atoms with Gasteiger partial charge in [0, 0.05) is 0 Å². The molecule has 0 aromatic heterocycles. The Balaban J connectivity index is -0.000000205. The van der Waals surface area contributed by atoms with Crippen molar-refractivity contribution in [2.75, 3.05) is 0 Å². The Kier molecular flexibility index (Phi) is 31.7. The summed E-state index contributed by atoms with van der Waals surface area (Å²) in [4.78, 5) is 0. The maximum atomic E-state index is 3.85. The summed E-state index contributed by atoms with van der Waals surface area (Å²) in [5, 5.41) is 0. The molecule has 0 spiro atoms. The predicted octanol–water partition coefficient (Wildman–Crippen LogP) is 5.98. The Morgan fingerprint density at radius 3 is 1.64 bits per heavy atom. The van der Waals surface area contributed by atoms with Crippen molar-refractivity contribution in [3.63, 3.8) is 0 Å². The quantitative estimate of drug-likeness (QED) is 0.378. The molecule has 0 rings (SSSR count). The van der Waals surface area contributed by atoms with Crippen molar-refractivity contribution in [1.82, 2.24) is 0 Å². The van der Waals surface area contributed by atoms with E-state index in [0.717, 1.165) is 0 Å². The highest BCUT2D eigenvalue weighted by atomic mass is 13.9. The second-order valence-electron chi connectivity index (χ2n) is 3.47. The summed E-state index contributed by atoms with van der Waals surface area (Å²) in [5.41, 5.74) is 1.33. The van der Waals surface area contributed by atoms with Crippen molar-refractivity contribution in [3.8, 4) is 0 Å². The number of hydrogen-bond donors (Lipinski definition) is 0. The van der Waals surface area contributed by atoms with Gasteiger partial charge in [0.05, 0.1) is 0 Å². The molecule has 0 unspecified atom stereocenters. The highest BCUT2D eigenvalue weighted by molar-refractivity contribution is 4.86. The molecule has 0 nitrogen and oxygen atoms in total. The van der Waals surface area contributed by atoms with E-state index in [1.165, 1.54) is 44.1 Å². The lowest BCUT2D eigenvalue weighted by molar-refractivity contribution is 0.665. The van der Waals surface area contributed by atoms with E-state index in [9.17, 15) is 0 Å². The molecule has 0 atom stereocenters. The van der Waals surface area contributed by atoms with Gasteiger partial charge in [0.15, 0.2) is 0 Å². The van der Waals surface area contributed by atoms with Crippen LogP contribution in [0.5, 0.6) is 0 Å². The van der Waals surface area contributed by atoms with Crippen LogP contribution in [0.2, 0.25) is 0 Å². The van der Waals surface area contributed by atoms with E-state index < -0.39 is 0 Å². The predicted molar refractivity (Wildman–Crippen MR) is 70.9 cm³/mol. The fourth-order valence-corrected chi connectivity index (χ4v) is 0.854. The maximum Gasteiger partial charge on any atom is -0.0326 e. The lowest BCUT2D eigenvalue weighted by Crippen LogP contribution is -1.76. The first-order chi connectivity index (χ1) is 6.68. The Morgan fingerprint density at radius 2 is 1.36 bits per heavy atom. The molecule has 0 saturated heterocycles. The van der Waals surface area contributed by atoms with E-state index in [0.29, 0.717) is 0 Å². The van der Waals surface area contributed by atoms with Crippen molar-refractivity contribution in [1.29, 1.82) is 0 Å². The molecule has 0 aromatic rings. The van der Waals surface area contributed by atoms with Gasteiger partial charge in [-0.15, -0.1) is 6.58 Å². The average Bonchev–Trinajstić information content (AvgIpc) is 2.17.